The molecule has 0 bridgehead atoms. The Morgan fingerprint density at radius 3 is 2.56 bits per heavy atom. The second-order valence-corrected chi connectivity index (χ2v) is 3.13. The molecule has 0 saturated carbocycles. The number of hydrogen-bond donors (Lipinski definition) is 0. The molecule has 16 heavy (non-hydrogen) atoms. The summed E-state index contributed by atoms with van der Waals surface area (Å²) in [7, 11) is 0. The summed E-state index contributed by atoms with van der Waals surface area (Å²) in [5, 5.41) is 0.316. The van der Waals surface area contributed by atoms with Crippen LogP contribution in [0.5, 0.6) is 0 Å². The Bertz CT molecular complexity index is 381. The Morgan fingerprint density at radius 1 is 1.31 bits per heavy atom. The molecular weight excluding hydrogens is 228 g/mol. The number of ether oxygens (including phenoxy) is 2. The Morgan fingerprint density at radius 2 is 2.00 bits per heavy atom. The van der Waals surface area contributed by atoms with Crippen molar-refractivity contribution >= 4 is 11.6 Å². The van der Waals surface area contributed by atoms with Crippen molar-refractivity contribution in [3.63, 3.8) is 0 Å². The van der Waals surface area contributed by atoms with Gasteiger partial charge in [0.25, 0.3) is 0 Å². The molecule has 0 aliphatic heterocycles. The van der Waals surface area contributed by atoms with Crippen molar-refractivity contribution in [3.05, 3.63) is 23.2 Å². The predicted molar refractivity (Wildman–Crippen MR) is 61.0 cm³/mol. The Kier molecular flexibility index (Phi) is 5.79. The monoisotopic (exact) mass is 240 g/mol. The third-order valence-corrected chi connectivity index (χ3v) is 1.74. The maximum absolute atomic E-state index is 5.68. The van der Waals surface area contributed by atoms with Crippen LogP contribution in [0.2, 0.25) is 5.15 Å². The van der Waals surface area contributed by atoms with E-state index < -0.39 is 6.29 Å². The van der Waals surface area contributed by atoms with Crippen LogP contribution < -0.4 is 0 Å². The summed E-state index contributed by atoms with van der Waals surface area (Å²) in [5.41, 5.74) is 0.497. The van der Waals surface area contributed by atoms with Gasteiger partial charge in [-0.15, -0.1) is 0 Å². The first-order valence-electron chi connectivity index (χ1n) is 4.98. The van der Waals surface area contributed by atoms with Crippen LogP contribution in [0, 0.1) is 11.8 Å². The van der Waals surface area contributed by atoms with Crippen molar-refractivity contribution in [1.29, 1.82) is 0 Å². The van der Waals surface area contributed by atoms with Gasteiger partial charge < -0.3 is 9.47 Å². The minimum absolute atomic E-state index is 0.316. The molecule has 1 heterocycles. The Balaban J connectivity index is 2.69. The lowest BCUT2D eigenvalue weighted by atomic mass is 10.4. The van der Waals surface area contributed by atoms with Gasteiger partial charge in [0, 0.05) is 13.2 Å². The van der Waals surface area contributed by atoms with E-state index >= 15 is 0 Å². The van der Waals surface area contributed by atoms with Crippen molar-refractivity contribution in [3.8, 4) is 11.8 Å². The summed E-state index contributed by atoms with van der Waals surface area (Å²) in [6.45, 7) is 4.85. The molecule has 1 rings (SSSR count). The topological polar surface area (TPSA) is 44.2 Å². The zero-order valence-electron chi connectivity index (χ0n) is 9.24. The fourth-order valence-corrected chi connectivity index (χ4v) is 1.12. The Hall–Kier alpha value is -1.15. The molecule has 0 saturated heterocycles. The van der Waals surface area contributed by atoms with E-state index in [1.165, 1.54) is 12.4 Å². The third-order valence-electron chi connectivity index (χ3n) is 1.56. The fraction of sp³-hybridized carbons (Fsp3) is 0.455. The van der Waals surface area contributed by atoms with Crippen molar-refractivity contribution in [2.75, 3.05) is 13.2 Å². The maximum Gasteiger partial charge on any atom is 0.222 e. The van der Waals surface area contributed by atoms with Crippen molar-refractivity contribution in [2.24, 2.45) is 0 Å². The van der Waals surface area contributed by atoms with Gasteiger partial charge in [-0.3, -0.25) is 4.98 Å². The van der Waals surface area contributed by atoms with E-state index in [0.717, 1.165) is 0 Å². The standard InChI is InChI=1S/C11H13ClN2O2/c1-3-15-11(16-4-2)6-5-9-7-13-8-10(12)14-9/h7-8,11H,3-4H2,1-2H3. The molecule has 0 atom stereocenters. The van der Waals surface area contributed by atoms with Gasteiger partial charge in [0.15, 0.2) is 0 Å². The van der Waals surface area contributed by atoms with Gasteiger partial charge in [-0.1, -0.05) is 11.6 Å². The molecule has 1 aromatic heterocycles. The lowest BCUT2D eigenvalue weighted by Crippen LogP contribution is -2.14. The summed E-state index contributed by atoms with van der Waals surface area (Å²) < 4.78 is 10.5. The quantitative estimate of drug-likeness (QED) is 0.596. The maximum atomic E-state index is 5.68. The van der Waals surface area contributed by atoms with Crippen LogP contribution >= 0.6 is 11.6 Å². The Labute approximate surface area is 100.0 Å². The third kappa shape index (κ3) is 4.58. The average Bonchev–Trinajstić information content (AvgIpc) is 2.27. The SMILES string of the molecule is CCOC(C#Cc1cncc(Cl)n1)OCC. The smallest absolute Gasteiger partial charge is 0.222 e. The highest BCUT2D eigenvalue weighted by atomic mass is 35.5. The normalized spacial score (nSPS) is 10.0. The zero-order chi connectivity index (χ0) is 11.8. The summed E-state index contributed by atoms with van der Waals surface area (Å²) >= 11 is 5.68. The van der Waals surface area contributed by atoms with E-state index in [4.69, 9.17) is 21.1 Å². The summed E-state index contributed by atoms with van der Waals surface area (Å²) in [4.78, 5) is 7.86. The molecule has 0 amide bonds. The molecule has 0 aliphatic rings. The highest BCUT2D eigenvalue weighted by molar-refractivity contribution is 6.29. The van der Waals surface area contributed by atoms with Crippen molar-refractivity contribution < 1.29 is 9.47 Å². The van der Waals surface area contributed by atoms with Gasteiger partial charge in [-0.2, -0.15) is 0 Å². The lowest BCUT2D eigenvalue weighted by molar-refractivity contribution is -0.0969. The van der Waals surface area contributed by atoms with Gasteiger partial charge in [-0.25, -0.2) is 4.98 Å². The van der Waals surface area contributed by atoms with Gasteiger partial charge in [0.2, 0.25) is 6.29 Å². The van der Waals surface area contributed by atoms with E-state index in [9.17, 15) is 0 Å². The molecule has 5 heteroatoms. The minimum Gasteiger partial charge on any atom is -0.342 e. The molecule has 0 N–H and O–H groups in total. The highest BCUT2D eigenvalue weighted by Gasteiger charge is 2.02. The second-order valence-electron chi connectivity index (χ2n) is 2.74. The summed E-state index contributed by atoms with van der Waals surface area (Å²) in [5.74, 6) is 5.61. The first-order chi connectivity index (χ1) is 7.76. The summed E-state index contributed by atoms with van der Waals surface area (Å²) in [6.07, 6.45) is 2.46. The average molecular weight is 241 g/mol. The van der Waals surface area contributed by atoms with Crippen LogP contribution in [0.3, 0.4) is 0 Å². The summed E-state index contributed by atoms with van der Waals surface area (Å²) in [6, 6.07) is 0. The number of halogens is 1. The minimum atomic E-state index is -0.532. The van der Waals surface area contributed by atoms with Crippen LogP contribution in [0.4, 0.5) is 0 Å². The molecular formula is C11H13ClN2O2. The lowest BCUT2D eigenvalue weighted by Gasteiger charge is -2.09. The van der Waals surface area contributed by atoms with Gasteiger partial charge in [-0.05, 0) is 25.7 Å². The molecule has 0 unspecified atom stereocenters. The molecule has 4 nitrogen and oxygen atoms in total. The van der Waals surface area contributed by atoms with E-state index in [1.807, 2.05) is 13.8 Å². The van der Waals surface area contributed by atoms with Gasteiger partial charge in [0.05, 0.1) is 12.4 Å². The van der Waals surface area contributed by atoms with E-state index in [-0.39, 0.29) is 0 Å². The molecule has 0 aliphatic carbocycles. The van der Waals surface area contributed by atoms with Gasteiger partial charge >= 0.3 is 0 Å². The van der Waals surface area contributed by atoms with Crippen molar-refractivity contribution in [1.82, 2.24) is 9.97 Å². The van der Waals surface area contributed by atoms with Crippen molar-refractivity contribution in [2.45, 2.75) is 20.1 Å². The second kappa shape index (κ2) is 7.18. The number of aromatic nitrogens is 2. The van der Waals surface area contributed by atoms with Crippen LogP contribution in [0.25, 0.3) is 0 Å². The largest absolute Gasteiger partial charge is 0.342 e. The van der Waals surface area contributed by atoms with Crippen LogP contribution in [0.1, 0.15) is 19.5 Å². The highest BCUT2D eigenvalue weighted by Crippen LogP contribution is 2.01. The van der Waals surface area contributed by atoms with Crippen LogP contribution in [0.15, 0.2) is 12.4 Å². The first kappa shape index (κ1) is 12.9. The van der Waals surface area contributed by atoms with E-state index in [1.54, 1.807) is 0 Å². The molecule has 0 aromatic carbocycles. The molecule has 86 valence electrons. The zero-order valence-corrected chi connectivity index (χ0v) is 9.99. The van der Waals surface area contributed by atoms with Crippen LogP contribution in [-0.4, -0.2) is 29.5 Å². The van der Waals surface area contributed by atoms with Gasteiger partial charge in [0.1, 0.15) is 10.8 Å². The van der Waals surface area contributed by atoms with Crippen LogP contribution in [-0.2, 0) is 9.47 Å². The molecule has 0 spiro atoms. The number of rotatable bonds is 4. The molecule has 1 aromatic rings. The van der Waals surface area contributed by atoms with E-state index in [0.29, 0.717) is 24.1 Å². The molecule has 0 radical (unpaired) electrons. The number of nitrogens with zero attached hydrogens (tertiary/aromatic N) is 2. The molecule has 0 fully saturated rings. The van der Waals surface area contributed by atoms with E-state index in [2.05, 4.69) is 21.8 Å². The number of hydrogen-bond acceptors (Lipinski definition) is 4. The first-order valence-corrected chi connectivity index (χ1v) is 5.36. The fourth-order valence-electron chi connectivity index (χ4n) is 0.969. The predicted octanol–water partition coefficient (Wildman–Crippen LogP) is 1.88.